The fraction of sp³-hybridized carbons (Fsp3) is 0.158. The number of hydrogen-bond acceptors (Lipinski definition) is 3. The van der Waals surface area contributed by atoms with Crippen LogP contribution in [0.15, 0.2) is 60.3 Å². The number of nitrogens with zero attached hydrogens (tertiary/aromatic N) is 2. The maximum absolute atomic E-state index is 12.4. The molecule has 1 aliphatic rings. The number of carbonyl (C=O) groups is 1. The summed E-state index contributed by atoms with van der Waals surface area (Å²) < 4.78 is 0. The standard InChI is InChI=1S/C19H16ClN3O/c20-16-7-3-8-17(11-16)22-19(24)15(12-21)13-23-10-4-6-14-5-1-2-9-18(14)23/h1-3,5,7-9,11,13H,4,6,10H2,(H,22,24)/b15-13-. The zero-order chi connectivity index (χ0) is 16.9. The molecule has 5 heteroatoms. The third-order valence-electron chi connectivity index (χ3n) is 3.88. The van der Waals surface area contributed by atoms with E-state index in [4.69, 9.17) is 11.6 Å². The number of carbonyl (C=O) groups excluding carboxylic acids is 1. The van der Waals surface area contributed by atoms with E-state index in [9.17, 15) is 10.1 Å². The molecule has 0 unspecified atom stereocenters. The van der Waals surface area contributed by atoms with E-state index in [0.29, 0.717) is 10.7 Å². The van der Waals surface area contributed by atoms with Crippen molar-refractivity contribution in [2.45, 2.75) is 12.8 Å². The van der Waals surface area contributed by atoms with Gasteiger partial charge >= 0.3 is 0 Å². The van der Waals surface area contributed by atoms with Gasteiger partial charge in [0, 0.05) is 29.1 Å². The van der Waals surface area contributed by atoms with Gasteiger partial charge < -0.3 is 10.2 Å². The van der Waals surface area contributed by atoms with E-state index in [0.717, 1.165) is 25.1 Å². The van der Waals surface area contributed by atoms with Crippen LogP contribution in [0.2, 0.25) is 5.02 Å². The Balaban J connectivity index is 1.83. The van der Waals surface area contributed by atoms with Gasteiger partial charge in [0.1, 0.15) is 11.6 Å². The van der Waals surface area contributed by atoms with Crippen molar-refractivity contribution in [1.29, 1.82) is 5.26 Å². The Hall–Kier alpha value is -2.77. The first kappa shape index (κ1) is 16.1. The second-order valence-corrected chi connectivity index (χ2v) is 5.98. The van der Waals surface area contributed by atoms with E-state index in [2.05, 4.69) is 11.4 Å². The van der Waals surface area contributed by atoms with Crippen molar-refractivity contribution in [1.82, 2.24) is 0 Å². The molecular formula is C19H16ClN3O. The first-order valence-corrected chi connectivity index (χ1v) is 8.08. The Bertz CT molecular complexity index is 839. The van der Waals surface area contributed by atoms with Crippen molar-refractivity contribution in [2.75, 3.05) is 16.8 Å². The number of rotatable bonds is 3. The average Bonchev–Trinajstić information content (AvgIpc) is 2.59. The van der Waals surface area contributed by atoms with Crippen molar-refractivity contribution in [3.05, 3.63) is 70.9 Å². The van der Waals surface area contributed by atoms with Crippen molar-refractivity contribution in [2.24, 2.45) is 0 Å². The monoisotopic (exact) mass is 337 g/mol. The molecule has 120 valence electrons. The van der Waals surface area contributed by atoms with Crippen LogP contribution in [0.25, 0.3) is 0 Å². The predicted molar refractivity (Wildman–Crippen MR) is 95.9 cm³/mol. The molecule has 0 radical (unpaired) electrons. The number of halogens is 1. The van der Waals surface area contributed by atoms with Gasteiger partial charge in [-0.2, -0.15) is 5.26 Å². The number of nitrogens with one attached hydrogen (secondary N) is 1. The molecular weight excluding hydrogens is 322 g/mol. The van der Waals surface area contributed by atoms with Crippen LogP contribution in [0.4, 0.5) is 11.4 Å². The number of hydrogen-bond donors (Lipinski definition) is 1. The first-order chi connectivity index (χ1) is 11.7. The molecule has 0 fully saturated rings. The van der Waals surface area contributed by atoms with E-state index < -0.39 is 5.91 Å². The minimum atomic E-state index is -0.442. The zero-order valence-electron chi connectivity index (χ0n) is 13.0. The first-order valence-electron chi connectivity index (χ1n) is 7.71. The van der Waals surface area contributed by atoms with Crippen LogP contribution < -0.4 is 10.2 Å². The van der Waals surface area contributed by atoms with Gasteiger partial charge in [0.2, 0.25) is 0 Å². The lowest BCUT2D eigenvalue weighted by Crippen LogP contribution is -2.26. The summed E-state index contributed by atoms with van der Waals surface area (Å²) >= 11 is 5.91. The van der Waals surface area contributed by atoms with E-state index in [1.807, 2.05) is 29.2 Å². The highest BCUT2D eigenvalue weighted by Gasteiger charge is 2.17. The lowest BCUT2D eigenvalue weighted by atomic mass is 10.0. The number of aryl methyl sites for hydroxylation is 1. The SMILES string of the molecule is N#C/C(=C/N1CCCc2ccccc21)C(=O)Nc1cccc(Cl)c1. The molecule has 1 amide bonds. The number of amides is 1. The highest BCUT2D eigenvalue weighted by Crippen LogP contribution is 2.27. The molecule has 0 spiro atoms. The Labute approximate surface area is 146 Å². The van der Waals surface area contributed by atoms with Gasteiger partial charge in [0.05, 0.1) is 0 Å². The van der Waals surface area contributed by atoms with Crippen molar-refractivity contribution >= 4 is 28.9 Å². The molecule has 0 atom stereocenters. The Morgan fingerprint density at radius 1 is 1.25 bits per heavy atom. The smallest absolute Gasteiger partial charge is 0.267 e. The lowest BCUT2D eigenvalue weighted by Gasteiger charge is -2.28. The summed E-state index contributed by atoms with van der Waals surface area (Å²) in [6, 6.07) is 16.9. The number of fused-ring (bicyclic) bond motifs is 1. The molecule has 1 N–H and O–H groups in total. The van der Waals surface area contributed by atoms with Crippen LogP contribution in [0, 0.1) is 11.3 Å². The Morgan fingerprint density at radius 2 is 2.08 bits per heavy atom. The number of para-hydroxylation sites is 1. The Morgan fingerprint density at radius 3 is 2.88 bits per heavy atom. The van der Waals surface area contributed by atoms with Crippen molar-refractivity contribution in [3.63, 3.8) is 0 Å². The molecule has 0 aliphatic carbocycles. The van der Waals surface area contributed by atoms with Gasteiger partial charge in [-0.1, -0.05) is 35.9 Å². The molecule has 1 aliphatic heterocycles. The summed E-state index contributed by atoms with van der Waals surface area (Å²) in [5, 5.41) is 12.6. The summed E-state index contributed by atoms with van der Waals surface area (Å²) in [5.41, 5.74) is 2.90. The van der Waals surface area contributed by atoms with E-state index in [1.165, 1.54) is 5.56 Å². The normalized spacial score (nSPS) is 13.8. The number of anilines is 2. The molecule has 0 aromatic heterocycles. The molecule has 4 nitrogen and oxygen atoms in total. The molecule has 2 aromatic carbocycles. The number of nitriles is 1. The maximum atomic E-state index is 12.4. The van der Waals surface area contributed by atoms with Gasteiger partial charge in [-0.05, 0) is 42.7 Å². The highest BCUT2D eigenvalue weighted by molar-refractivity contribution is 6.31. The summed E-state index contributed by atoms with van der Waals surface area (Å²) in [6.45, 7) is 0.784. The Kier molecular flexibility index (Phi) is 4.83. The number of benzene rings is 2. The molecule has 3 rings (SSSR count). The molecule has 2 aromatic rings. The van der Waals surface area contributed by atoms with E-state index in [1.54, 1.807) is 30.5 Å². The fourth-order valence-corrected chi connectivity index (χ4v) is 2.95. The van der Waals surface area contributed by atoms with Crippen LogP contribution in [-0.4, -0.2) is 12.5 Å². The molecule has 24 heavy (non-hydrogen) atoms. The quantitative estimate of drug-likeness (QED) is 0.676. The van der Waals surface area contributed by atoms with Crippen molar-refractivity contribution < 1.29 is 4.79 Å². The van der Waals surface area contributed by atoms with E-state index >= 15 is 0 Å². The van der Waals surface area contributed by atoms with Crippen LogP contribution in [0.3, 0.4) is 0 Å². The van der Waals surface area contributed by atoms with Gasteiger partial charge in [-0.3, -0.25) is 4.79 Å². The highest BCUT2D eigenvalue weighted by atomic mass is 35.5. The average molecular weight is 338 g/mol. The molecule has 0 saturated carbocycles. The molecule has 0 saturated heterocycles. The second-order valence-electron chi connectivity index (χ2n) is 5.54. The minimum Gasteiger partial charge on any atom is -0.346 e. The topological polar surface area (TPSA) is 56.1 Å². The third kappa shape index (κ3) is 3.58. The van der Waals surface area contributed by atoms with Crippen molar-refractivity contribution in [3.8, 4) is 6.07 Å². The second kappa shape index (κ2) is 7.20. The summed E-state index contributed by atoms with van der Waals surface area (Å²) in [7, 11) is 0. The third-order valence-corrected chi connectivity index (χ3v) is 4.11. The predicted octanol–water partition coefficient (Wildman–Crippen LogP) is 4.14. The largest absolute Gasteiger partial charge is 0.346 e. The fourth-order valence-electron chi connectivity index (χ4n) is 2.76. The summed E-state index contributed by atoms with van der Waals surface area (Å²) in [4.78, 5) is 14.3. The minimum absolute atomic E-state index is 0.0617. The van der Waals surface area contributed by atoms with Gasteiger partial charge in [0.25, 0.3) is 5.91 Å². The van der Waals surface area contributed by atoms with Gasteiger partial charge in [-0.15, -0.1) is 0 Å². The summed E-state index contributed by atoms with van der Waals surface area (Å²) in [5.74, 6) is -0.442. The van der Waals surface area contributed by atoms with Gasteiger partial charge in [0.15, 0.2) is 0 Å². The van der Waals surface area contributed by atoms with Crippen LogP contribution in [0.5, 0.6) is 0 Å². The van der Waals surface area contributed by atoms with Crippen LogP contribution in [0.1, 0.15) is 12.0 Å². The molecule has 0 bridgehead atoms. The van der Waals surface area contributed by atoms with Crippen LogP contribution >= 0.6 is 11.6 Å². The maximum Gasteiger partial charge on any atom is 0.267 e. The van der Waals surface area contributed by atoms with Gasteiger partial charge in [-0.25, -0.2) is 0 Å². The molecule has 1 heterocycles. The lowest BCUT2D eigenvalue weighted by molar-refractivity contribution is -0.112. The van der Waals surface area contributed by atoms with E-state index in [-0.39, 0.29) is 5.57 Å². The summed E-state index contributed by atoms with van der Waals surface area (Å²) in [6.07, 6.45) is 3.62. The zero-order valence-corrected chi connectivity index (χ0v) is 13.8. The van der Waals surface area contributed by atoms with Crippen LogP contribution in [-0.2, 0) is 11.2 Å².